The van der Waals surface area contributed by atoms with Gasteiger partial charge in [-0.05, 0) is 23.6 Å². The van der Waals surface area contributed by atoms with Crippen LogP contribution in [0.2, 0.25) is 0 Å². The molecule has 1 heterocycles. The molecule has 0 aliphatic heterocycles. The average molecular weight is 272 g/mol. The van der Waals surface area contributed by atoms with Gasteiger partial charge in [0, 0.05) is 18.9 Å². The van der Waals surface area contributed by atoms with Gasteiger partial charge in [0.05, 0.1) is 12.2 Å². The van der Waals surface area contributed by atoms with Crippen molar-refractivity contribution in [3.63, 3.8) is 0 Å². The largest absolute Gasteiger partial charge is 0.322 e. The first-order valence-corrected chi connectivity index (χ1v) is 6.67. The summed E-state index contributed by atoms with van der Waals surface area (Å²) in [7, 11) is 1.76. The summed E-state index contributed by atoms with van der Waals surface area (Å²) >= 11 is 0. The quantitative estimate of drug-likeness (QED) is 0.897. The molecule has 0 saturated heterocycles. The summed E-state index contributed by atoms with van der Waals surface area (Å²) in [5.74, 6) is 0.365. The average Bonchev–Trinajstić information content (AvgIpc) is 2.91. The first-order chi connectivity index (χ1) is 9.58. The highest BCUT2D eigenvalue weighted by molar-refractivity contribution is 5.90. The summed E-state index contributed by atoms with van der Waals surface area (Å²) in [6.45, 7) is 4.72. The predicted molar refractivity (Wildman–Crippen MR) is 79.6 cm³/mol. The molecule has 0 aliphatic rings. The van der Waals surface area contributed by atoms with E-state index < -0.39 is 0 Å². The Labute approximate surface area is 119 Å². The van der Waals surface area contributed by atoms with Gasteiger partial charge in [-0.2, -0.15) is 5.10 Å². The number of hydrogen-bond donors (Lipinski definition) is 2. The van der Waals surface area contributed by atoms with Crippen molar-refractivity contribution < 1.29 is 4.79 Å². The van der Waals surface area contributed by atoms with Crippen molar-refractivity contribution in [3.05, 3.63) is 47.8 Å². The molecule has 0 fully saturated rings. The van der Waals surface area contributed by atoms with E-state index in [0.29, 0.717) is 12.5 Å². The molecule has 1 aromatic heterocycles. The molecule has 106 valence electrons. The second-order valence-corrected chi connectivity index (χ2v) is 5.11. The summed E-state index contributed by atoms with van der Waals surface area (Å²) < 4.78 is 0. The number of benzene rings is 1. The smallest absolute Gasteiger partial charge is 0.321 e. The number of anilines is 1. The monoisotopic (exact) mass is 272 g/mol. The minimum absolute atomic E-state index is 0.132. The maximum Gasteiger partial charge on any atom is 0.321 e. The lowest BCUT2D eigenvalue weighted by Gasteiger charge is -2.19. The number of hydrogen-bond acceptors (Lipinski definition) is 2. The van der Waals surface area contributed by atoms with Gasteiger partial charge in [-0.25, -0.2) is 4.79 Å². The van der Waals surface area contributed by atoms with Crippen LogP contribution in [0.3, 0.4) is 0 Å². The predicted octanol–water partition coefficient (Wildman–Crippen LogP) is 3.20. The normalized spacial score (nSPS) is 10.6. The van der Waals surface area contributed by atoms with Crippen LogP contribution < -0.4 is 5.32 Å². The Bertz CT molecular complexity index is 563. The molecule has 0 radical (unpaired) electrons. The molecule has 20 heavy (non-hydrogen) atoms. The number of nitrogens with zero attached hydrogens (tertiary/aromatic N) is 2. The third-order valence-electron chi connectivity index (χ3n) is 3.14. The van der Waals surface area contributed by atoms with Crippen LogP contribution in [0.4, 0.5) is 10.5 Å². The number of amides is 2. The zero-order valence-electron chi connectivity index (χ0n) is 12.1. The summed E-state index contributed by atoms with van der Waals surface area (Å²) in [4.78, 5) is 13.8. The van der Waals surface area contributed by atoms with E-state index in [1.165, 1.54) is 0 Å². The number of H-pyrrole nitrogens is 1. The van der Waals surface area contributed by atoms with Crippen LogP contribution >= 0.6 is 0 Å². The lowest BCUT2D eigenvalue weighted by molar-refractivity contribution is 0.220. The summed E-state index contributed by atoms with van der Waals surface area (Å²) in [6, 6.07) is 9.60. The maximum absolute atomic E-state index is 12.2. The zero-order valence-corrected chi connectivity index (χ0v) is 12.1. The van der Waals surface area contributed by atoms with Crippen LogP contribution in [0.5, 0.6) is 0 Å². The van der Waals surface area contributed by atoms with Crippen molar-refractivity contribution in [3.8, 4) is 0 Å². The zero-order chi connectivity index (χ0) is 14.5. The number of carbonyl (C=O) groups is 1. The summed E-state index contributed by atoms with van der Waals surface area (Å²) in [6.07, 6.45) is 1.68. The Morgan fingerprint density at radius 2 is 2.10 bits per heavy atom. The van der Waals surface area contributed by atoms with E-state index in [-0.39, 0.29) is 6.03 Å². The second-order valence-electron chi connectivity index (χ2n) is 5.11. The van der Waals surface area contributed by atoms with E-state index in [0.717, 1.165) is 16.9 Å². The van der Waals surface area contributed by atoms with Gasteiger partial charge in [-0.1, -0.05) is 32.0 Å². The maximum atomic E-state index is 12.2. The Morgan fingerprint density at radius 3 is 2.75 bits per heavy atom. The molecular weight excluding hydrogens is 252 g/mol. The molecule has 1 aromatic carbocycles. The van der Waals surface area contributed by atoms with Gasteiger partial charge in [0.15, 0.2) is 0 Å². The van der Waals surface area contributed by atoms with Crippen LogP contribution in [-0.2, 0) is 6.54 Å². The SMILES string of the molecule is CC(C)c1ccccc1NC(=O)N(C)Cc1ccn[nH]1. The fourth-order valence-electron chi connectivity index (χ4n) is 2.02. The molecule has 0 aliphatic carbocycles. The second kappa shape index (κ2) is 6.23. The van der Waals surface area contributed by atoms with Crippen molar-refractivity contribution >= 4 is 11.7 Å². The molecule has 2 N–H and O–H groups in total. The number of para-hydroxylation sites is 1. The molecule has 2 amide bonds. The van der Waals surface area contributed by atoms with Gasteiger partial charge in [0.1, 0.15) is 0 Å². The minimum atomic E-state index is -0.132. The molecule has 2 rings (SSSR count). The van der Waals surface area contributed by atoms with Crippen molar-refractivity contribution in [1.29, 1.82) is 0 Å². The van der Waals surface area contributed by atoms with Crippen LogP contribution in [0.15, 0.2) is 36.5 Å². The van der Waals surface area contributed by atoms with E-state index in [1.54, 1.807) is 18.1 Å². The van der Waals surface area contributed by atoms with Gasteiger partial charge in [-0.15, -0.1) is 0 Å². The first kappa shape index (κ1) is 14.1. The molecule has 2 aromatic rings. The van der Waals surface area contributed by atoms with E-state index in [4.69, 9.17) is 0 Å². The van der Waals surface area contributed by atoms with Gasteiger partial charge >= 0.3 is 6.03 Å². The Balaban J connectivity index is 2.04. The number of rotatable bonds is 4. The molecule has 0 spiro atoms. The summed E-state index contributed by atoms with van der Waals surface area (Å²) in [5, 5.41) is 9.67. The minimum Gasteiger partial charge on any atom is -0.322 e. The lowest BCUT2D eigenvalue weighted by Crippen LogP contribution is -2.31. The van der Waals surface area contributed by atoms with Gasteiger partial charge in [-0.3, -0.25) is 5.10 Å². The van der Waals surface area contributed by atoms with E-state index in [2.05, 4.69) is 29.4 Å². The Kier molecular flexibility index (Phi) is 4.40. The van der Waals surface area contributed by atoms with Crippen molar-refractivity contribution in [1.82, 2.24) is 15.1 Å². The number of aromatic amines is 1. The molecule has 0 atom stereocenters. The van der Waals surface area contributed by atoms with Crippen LogP contribution in [0, 0.1) is 0 Å². The molecule has 5 heteroatoms. The van der Waals surface area contributed by atoms with Crippen LogP contribution in [0.25, 0.3) is 0 Å². The standard InChI is InChI=1S/C15H20N4O/c1-11(2)13-6-4-5-7-14(13)17-15(20)19(3)10-12-8-9-16-18-12/h4-9,11H,10H2,1-3H3,(H,16,18)(H,17,20). The van der Waals surface area contributed by atoms with Gasteiger partial charge in [0.2, 0.25) is 0 Å². The van der Waals surface area contributed by atoms with Crippen molar-refractivity contribution in [2.24, 2.45) is 0 Å². The van der Waals surface area contributed by atoms with Crippen LogP contribution in [0.1, 0.15) is 31.0 Å². The number of urea groups is 1. The van der Waals surface area contributed by atoms with Crippen molar-refractivity contribution in [2.75, 3.05) is 12.4 Å². The van der Waals surface area contributed by atoms with Gasteiger partial charge in [0.25, 0.3) is 0 Å². The molecule has 5 nitrogen and oxygen atoms in total. The molecule has 0 saturated carbocycles. The van der Waals surface area contributed by atoms with Gasteiger partial charge < -0.3 is 10.2 Å². The molecule has 0 bridgehead atoms. The topological polar surface area (TPSA) is 61.0 Å². The third-order valence-corrected chi connectivity index (χ3v) is 3.14. The highest BCUT2D eigenvalue weighted by atomic mass is 16.2. The fraction of sp³-hybridized carbons (Fsp3) is 0.333. The first-order valence-electron chi connectivity index (χ1n) is 6.67. The van der Waals surface area contributed by atoms with Crippen LogP contribution in [-0.4, -0.2) is 28.2 Å². The van der Waals surface area contributed by atoms with E-state index in [1.807, 2.05) is 30.3 Å². The highest BCUT2D eigenvalue weighted by Gasteiger charge is 2.13. The number of nitrogens with one attached hydrogen (secondary N) is 2. The van der Waals surface area contributed by atoms with E-state index in [9.17, 15) is 4.79 Å². The molecular formula is C15H20N4O. The summed E-state index contributed by atoms with van der Waals surface area (Å²) in [5.41, 5.74) is 2.90. The third kappa shape index (κ3) is 3.38. The Morgan fingerprint density at radius 1 is 1.35 bits per heavy atom. The number of carbonyl (C=O) groups excluding carboxylic acids is 1. The fourth-order valence-corrected chi connectivity index (χ4v) is 2.02. The number of aromatic nitrogens is 2. The van der Waals surface area contributed by atoms with Crippen molar-refractivity contribution in [2.45, 2.75) is 26.3 Å². The highest BCUT2D eigenvalue weighted by Crippen LogP contribution is 2.23. The van der Waals surface area contributed by atoms with E-state index >= 15 is 0 Å². The Hall–Kier alpha value is -2.30. The lowest BCUT2D eigenvalue weighted by atomic mass is 10.0. The molecule has 0 unspecified atom stereocenters.